The van der Waals surface area contributed by atoms with Gasteiger partial charge in [-0.25, -0.2) is 0 Å². The fraction of sp³-hybridized carbons (Fsp3) is 0.462. The van der Waals surface area contributed by atoms with Crippen LogP contribution in [0.4, 0.5) is 0 Å². The highest BCUT2D eigenvalue weighted by Crippen LogP contribution is 2.23. The van der Waals surface area contributed by atoms with E-state index in [0.717, 1.165) is 15.8 Å². The van der Waals surface area contributed by atoms with Crippen LogP contribution in [0.2, 0.25) is 0 Å². The Bertz CT molecular complexity index is 423. The number of halogens is 1. The Kier molecular flexibility index (Phi) is 5.62. The highest BCUT2D eigenvalue weighted by molar-refractivity contribution is 9.10. The van der Waals surface area contributed by atoms with Gasteiger partial charge in [0.15, 0.2) is 0 Å². The van der Waals surface area contributed by atoms with Gasteiger partial charge in [0.2, 0.25) is 0 Å². The Morgan fingerprint density at radius 1 is 1.56 bits per heavy atom. The van der Waals surface area contributed by atoms with Gasteiger partial charge in [0.25, 0.3) is 0 Å². The molecule has 18 heavy (non-hydrogen) atoms. The number of hydrogen-bond donors (Lipinski definition) is 1. The minimum Gasteiger partial charge on any atom is -0.497 e. The Morgan fingerprint density at radius 3 is 2.78 bits per heavy atom. The predicted octanol–water partition coefficient (Wildman–Crippen LogP) is 2.61. The van der Waals surface area contributed by atoms with E-state index in [1.54, 1.807) is 14.0 Å². The molecule has 0 saturated heterocycles. The summed E-state index contributed by atoms with van der Waals surface area (Å²) >= 11 is 3.48. The van der Waals surface area contributed by atoms with Gasteiger partial charge in [0, 0.05) is 17.6 Å². The first-order valence-corrected chi connectivity index (χ1v) is 6.47. The first-order chi connectivity index (χ1) is 8.43. The third-order valence-corrected chi connectivity index (χ3v) is 3.47. The summed E-state index contributed by atoms with van der Waals surface area (Å²) in [4.78, 5) is 12.8. The monoisotopic (exact) mass is 315 g/mol. The van der Waals surface area contributed by atoms with Crippen LogP contribution in [0.1, 0.15) is 12.5 Å². The van der Waals surface area contributed by atoms with Crippen molar-refractivity contribution in [1.82, 2.24) is 4.90 Å². The maximum atomic E-state index is 10.8. The van der Waals surface area contributed by atoms with Crippen LogP contribution in [0, 0.1) is 5.92 Å². The highest BCUT2D eigenvalue weighted by Gasteiger charge is 2.14. The second-order valence-corrected chi connectivity index (χ2v) is 5.25. The molecule has 4 nitrogen and oxygen atoms in total. The first kappa shape index (κ1) is 15.0. The van der Waals surface area contributed by atoms with Crippen molar-refractivity contribution in [2.24, 2.45) is 5.92 Å². The number of rotatable bonds is 6. The molecule has 0 spiro atoms. The zero-order chi connectivity index (χ0) is 13.7. The number of aliphatic carboxylic acids is 1. The van der Waals surface area contributed by atoms with Gasteiger partial charge in [0.05, 0.1) is 13.0 Å². The Labute approximate surface area is 116 Å². The number of methoxy groups -OCH3 is 1. The normalized spacial score (nSPS) is 12.5. The zero-order valence-electron chi connectivity index (χ0n) is 10.8. The summed E-state index contributed by atoms with van der Waals surface area (Å²) in [6, 6.07) is 5.77. The Morgan fingerprint density at radius 2 is 2.22 bits per heavy atom. The fourth-order valence-corrected chi connectivity index (χ4v) is 2.07. The van der Waals surface area contributed by atoms with E-state index in [-0.39, 0.29) is 5.92 Å². The van der Waals surface area contributed by atoms with Gasteiger partial charge in [0.1, 0.15) is 5.75 Å². The van der Waals surface area contributed by atoms with Crippen molar-refractivity contribution in [3.63, 3.8) is 0 Å². The molecule has 0 aliphatic rings. The second-order valence-electron chi connectivity index (χ2n) is 4.39. The van der Waals surface area contributed by atoms with E-state index < -0.39 is 5.97 Å². The van der Waals surface area contributed by atoms with Crippen molar-refractivity contribution >= 4 is 21.9 Å². The minimum atomic E-state index is -0.772. The average molecular weight is 316 g/mol. The molecule has 0 amide bonds. The van der Waals surface area contributed by atoms with E-state index in [0.29, 0.717) is 13.1 Å². The molecule has 0 bridgehead atoms. The van der Waals surface area contributed by atoms with Crippen LogP contribution in [-0.4, -0.2) is 36.7 Å². The number of ether oxygens (including phenoxy) is 1. The third kappa shape index (κ3) is 4.31. The predicted molar refractivity (Wildman–Crippen MR) is 73.8 cm³/mol. The number of carboxylic acid groups (broad SMARTS) is 1. The van der Waals surface area contributed by atoms with Crippen molar-refractivity contribution < 1.29 is 14.6 Å². The quantitative estimate of drug-likeness (QED) is 0.876. The average Bonchev–Trinajstić information content (AvgIpc) is 2.31. The molecule has 0 heterocycles. The molecular weight excluding hydrogens is 298 g/mol. The van der Waals surface area contributed by atoms with E-state index in [2.05, 4.69) is 15.9 Å². The summed E-state index contributed by atoms with van der Waals surface area (Å²) in [7, 11) is 3.54. The lowest BCUT2D eigenvalue weighted by Gasteiger charge is -2.20. The van der Waals surface area contributed by atoms with Crippen molar-refractivity contribution in [3.05, 3.63) is 28.2 Å². The lowest BCUT2D eigenvalue weighted by molar-refractivity contribution is -0.141. The number of hydrogen-bond acceptors (Lipinski definition) is 3. The summed E-state index contributed by atoms with van der Waals surface area (Å²) in [6.45, 7) is 2.90. The van der Waals surface area contributed by atoms with Crippen LogP contribution in [0.25, 0.3) is 0 Å². The molecule has 0 aliphatic heterocycles. The Balaban J connectivity index is 2.69. The largest absolute Gasteiger partial charge is 0.497 e. The van der Waals surface area contributed by atoms with Crippen LogP contribution in [0.15, 0.2) is 22.7 Å². The zero-order valence-corrected chi connectivity index (χ0v) is 12.4. The van der Waals surface area contributed by atoms with E-state index in [9.17, 15) is 4.79 Å². The van der Waals surface area contributed by atoms with E-state index in [1.807, 2.05) is 30.1 Å². The molecule has 1 N–H and O–H groups in total. The molecule has 1 rings (SSSR count). The number of carbonyl (C=O) groups is 1. The molecule has 0 aromatic heterocycles. The molecule has 1 atom stereocenters. The summed E-state index contributed by atoms with van der Waals surface area (Å²) in [5.41, 5.74) is 1.08. The van der Waals surface area contributed by atoms with Crippen molar-refractivity contribution in [3.8, 4) is 5.75 Å². The minimum absolute atomic E-state index is 0.376. The van der Waals surface area contributed by atoms with Crippen LogP contribution < -0.4 is 4.74 Å². The summed E-state index contributed by atoms with van der Waals surface area (Å²) in [5.74, 6) is -0.348. The van der Waals surface area contributed by atoms with Crippen LogP contribution in [-0.2, 0) is 11.3 Å². The summed E-state index contributed by atoms with van der Waals surface area (Å²) < 4.78 is 6.18. The summed E-state index contributed by atoms with van der Waals surface area (Å²) in [6.07, 6.45) is 0. The SMILES string of the molecule is COc1ccc(Br)c(CN(C)CC(C)C(=O)O)c1. The molecule has 0 fully saturated rings. The molecule has 100 valence electrons. The van der Waals surface area contributed by atoms with Gasteiger partial charge in [-0.05, 0) is 30.8 Å². The van der Waals surface area contributed by atoms with Crippen molar-refractivity contribution in [2.75, 3.05) is 20.7 Å². The van der Waals surface area contributed by atoms with Crippen LogP contribution in [0.3, 0.4) is 0 Å². The van der Waals surface area contributed by atoms with Gasteiger partial charge < -0.3 is 14.7 Å². The first-order valence-electron chi connectivity index (χ1n) is 5.67. The van der Waals surface area contributed by atoms with Crippen LogP contribution >= 0.6 is 15.9 Å². The second kappa shape index (κ2) is 6.75. The highest BCUT2D eigenvalue weighted by atomic mass is 79.9. The smallest absolute Gasteiger partial charge is 0.307 e. The lowest BCUT2D eigenvalue weighted by atomic mass is 10.1. The third-order valence-electron chi connectivity index (χ3n) is 2.70. The van der Waals surface area contributed by atoms with Gasteiger partial charge in [-0.1, -0.05) is 22.9 Å². The number of nitrogens with zero attached hydrogens (tertiary/aromatic N) is 1. The van der Waals surface area contributed by atoms with Crippen molar-refractivity contribution in [2.45, 2.75) is 13.5 Å². The van der Waals surface area contributed by atoms with E-state index in [4.69, 9.17) is 9.84 Å². The molecule has 5 heteroatoms. The molecule has 0 radical (unpaired) electrons. The Hall–Kier alpha value is -1.07. The maximum absolute atomic E-state index is 10.8. The van der Waals surface area contributed by atoms with Crippen LogP contribution in [0.5, 0.6) is 5.75 Å². The van der Waals surface area contributed by atoms with Gasteiger partial charge >= 0.3 is 5.97 Å². The molecule has 1 aromatic rings. The molecule has 0 saturated carbocycles. The number of carboxylic acids is 1. The topological polar surface area (TPSA) is 49.8 Å². The standard InChI is InChI=1S/C13H18BrNO3/c1-9(13(16)17)7-15(2)8-10-6-11(18-3)4-5-12(10)14/h4-6,9H,7-8H2,1-3H3,(H,16,17). The molecule has 1 aromatic carbocycles. The molecule has 0 aliphatic carbocycles. The molecular formula is C13H18BrNO3. The fourth-order valence-electron chi connectivity index (χ4n) is 1.70. The van der Waals surface area contributed by atoms with Gasteiger partial charge in [-0.15, -0.1) is 0 Å². The lowest BCUT2D eigenvalue weighted by Crippen LogP contribution is -2.28. The number of benzene rings is 1. The maximum Gasteiger partial charge on any atom is 0.307 e. The van der Waals surface area contributed by atoms with Crippen molar-refractivity contribution in [1.29, 1.82) is 0 Å². The van der Waals surface area contributed by atoms with E-state index in [1.165, 1.54) is 0 Å². The van der Waals surface area contributed by atoms with Gasteiger partial charge in [-0.2, -0.15) is 0 Å². The van der Waals surface area contributed by atoms with Gasteiger partial charge in [-0.3, -0.25) is 4.79 Å². The summed E-state index contributed by atoms with van der Waals surface area (Å²) in [5, 5.41) is 8.88. The van der Waals surface area contributed by atoms with E-state index >= 15 is 0 Å². The molecule has 1 unspecified atom stereocenters.